The standard InChI is InChI=1S/C24H26ClNO3.ClH/c1-27-22-8-4-3-6-19(22)14-15-26-16-20-7-5-9-23(28-2)24(20)29-17-18-10-12-21(25)13-11-18;/h3-13,26H,14-17H2,1-2H3;1H. The van der Waals surface area contributed by atoms with E-state index in [2.05, 4.69) is 17.4 Å². The van der Waals surface area contributed by atoms with Crippen molar-refractivity contribution in [1.82, 2.24) is 5.32 Å². The molecule has 0 aliphatic heterocycles. The highest BCUT2D eigenvalue weighted by Crippen LogP contribution is 2.32. The van der Waals surface area contributed by atoms with E-state index in [1.54, 1.807) is 14.2 Å². The van der Waals surface area contributed by atoms with Crippen LogP contribution >= 0.6 is 24.0 Å². The summed E-state index contributed by atoms with van der Waals surface area (Å²) in [6.45, 7) is 1.96. The third kappa shape index (κ3) is 6.56. The molecule has 0 aliphatic rings. The molecule has 0 atom stereocenters. The Hall–Kier alpha value is -2.40. The summed E-state index contributed by atoms with van der Waals surface area (Å²) in [6.07, 6.45) is 0.884. The maximum atomic E-state index is 6.11. The van der Waals surface area contributed by atoms with E-state index >= 15 is 0 Å². The van der Waals surface area contributed by atoms with Gasteiger partial charge in [0.2, 0.25) is 0 Å². The summed E-state index contributed by atoms with van der Waals surface area (Å²) < 4.78 is 17.0. The van der Waals surface area contributed by atoms with E-state index in [4.69, 9.17) is 25.8 Å². The molecule has 0 heterocycles. The Morgan fingerprint density at radius 3 is 2.20 bits per heavy atom. The van der Waals surface area contributed by atoms with E-state index in [0.29, 0.717) is 18.2 Å². The van der Waals surface area contributed by atoms with Gasteiger partial charge in [-0.25, -0.2) is 0 Å². The number of nitrogens with one attached hydrogen (secondary N) is 1. The molecule has 0 aromatic heterocycles. The van der Waals surface area contributed by atoms with Crippen molar-refractivity contribution in [2.24, 2.45) is 0 Å². The van der Waals surface area contributed by atoms with Gasteiger partial charge in [0.1, 0.15) is 12.4 Å². The minimum absolute atomic E-state index is 0. The predicted molar refractivity (Wildman–Crippen MR) is 124 cm³/mol. The fourth-order valence-corrected chi connectivity index (χ4v) is 3.24. The Morgan fingerprint density at radius 2 is 1.47 bits per heavy atom. The van der Waals surface area contributed by atoms with Crippen molar-refractivity contribution in [3.05, 3.63) is 88.4 Å². The topological polar surface area (TPSA) is 39.7 Å². The molecule has 4 nitrogen and oxygen atoms in total. The van der Waals surface area contributed by atoms with Gasteiger partial charge in [-0.2, -0.15) is 0 Å². The summed E-state index contributed by atoms with van der Waals surface area (Å²) in [6, 6.07) is 21.7. The number of para-hydroxylation sites is 2. The molecular weight excluding hydrogens is 421 g/mol. The number of halogens is 2. The lowest BCUT2D eigenvalue weighted by Gasteiger charge is -2.16. The van der Waals surface area contributed by atoms with E-state index in [0.717, 1.165) is 41.3 Å². The molecule has 0 saturated carbocycles. The molecule has 0 saturated heterocycles. The van der Waals surface area contributed by atoms with E-state index < -0.39 is 0 Å². The molecule has 6 heteroatoms. The molecule has 3 aromatic carbocycles. The second-order valence-electron chi connectivity index (χ2n) is 6.60. The summed E-state index contributed by atoms with van der Waals surface area (Å²) in [5.41, 5.74) is 3.29. The van der Waals surface area contributed by atoms with Gasteiger partial charge in [0.15, 0.2) is 11.5 Å². The van der Waals surface area contributed by atoms with Gasteiger partial charge in [0.25, 0.3) is 0 Å². The SMILES string of the molecule is COc1ccccc1CCNCc1cccc(OC)c1OCc1ccc(Cl)cc1.Cl. The molecule has 3 aromatic rings. The molecule has 0 unspecified atom stereocenters. The number of ether oxygens (including phenoxy) is 3. The van der Waals surface area contributed by atoms with Crippen LogP contribution in [0.15, 0.2) is 66.7 Å². The average Bonchev–Trinajstić information content (AvgIpc) is 2.76. The van der Waals surface area contributed by atoms with Gasteiger partial charge in [-0.15, -0.1) is 12.4 Å². The summed E-state index contributed by atoms with van der Waals surface area (Å²) >= 11 is 5.96. The Kier molecular flexibility index (Phi) is 9.81. The van der Waals surface area contributed by atoms with Crippen LogP contribution in [0.25, 0.3) is 0 Å². The molecule has 0 spiro atoms. The molecule has 160 valence electrons. The molecule has 0 aliphatic carbocycles. The zero-order chi connectivity index (χ0) is 20.5. The third-order valence-electron chi connectivity index (χ3n) is 4.66. The summed E-state index contributed by atoms with van der Waals surface area (Å²) in [7, 11) is 3.36. The van der Waals surface area contributed by atoms with Crippen LogP contribution in [0.3, 0.4) is 0 Å². The predicted octanol–water partition coefficient (Wildman–Crippen LogP) is 5.69. The van der Waals surface area contributed by atoms with Crippen molar-refractivity contribution in [2.45, 2.75) is 19.6 Å². The van der Waals surface area contributed by atoms with E-state index in [1.807, 2.05) is 54.6 Å². The van der Waals surface area contributed by atoms with Gasteiger partial charge in [0, 0.05) is 17.1 Å². The van der Waals surface area contributed by atoms with E-state index in [9.17, 15) is 0 Å². The summed E-state index contributed by atoms with van der Waals surface area (Å²) in [5, 5.41) is 4.20. The van der Waals surface area contributed by atoms with Crippen molar-refractivity contribution in [1.29, 1.82) is 0 Å². The van der Waals surface area contributed by atoms with Gasteiger partial charge in [-0.1, -0.05) is 54.1 Å². The number of benzene rings is 3. The normalized spacial score (nSPS) is 10.2. The molecule has 0 amide bonds. The third-order valence-corrected chi connectivity index (χ3v) is 4.91. The van der Waals surface area contributed by atoms with Crippen LogP contribution in [-0.4, -0.2) is 20.8 Å². The van der Waals surface area contributed by atoms with Crippen molar-refractivity contribution in [3.63, 3.8) is 0 Å². The number of methoxy groups -OCH3 is 2. The highest BCUT2D eigenvalue weighted by atomic mass is 35.5. The quantitative estimate of drug-likeness (QED) is 0.405. The smallest absolute Gasteiger partial charge is 0.166 e. The second kappa shape index (κ2) is 12.3. The first-order valence-corrected chi connectivity index (χ1v) is 9.94. The maximum absolute atomic E-state index is 6.11. The first-order chi connectivity index (χ1) is 14.2. The molecule has 0 bridgehead atoms. The van der Waals surface area contributed by atoms with Gasteiger partial charge < -0.3 is 19.5 Å². The van der Waals surface area contributed by atoms with Crippen molar-refractivity contribution in [3.8, 4) is 17.2 Å². The number of hydrogen-bond acceptors (Lipinski definition) is 4. The first-order valence-electron chi connectivity index (χ1n) is 9.57. The van der Waals surface area contributed by atoms with Gasteiger partial charge in [-0.3, -0.25) is 0 Å². The number of hydrogen-bond donors (Lipinski definition) is 1. The Morgan fingerprint density at radius 1 is 0.800 bits per heavy atom. The zero-order valence-corrected chi connectivity index (χ0v) is 18.8. The van der Waals surface area contributed by atoms with E-state index in [-0.39, 0.29) is 12.4 Å². The van der Waals surface area contributed by atoms with Crippen molar-refractivity contribution in [2.75, 3.05) is 20.8 Å². The molecule has 0 fully saturated rings. The lowest BCUT2D eigenvalue weighted by molar-refractivity contribution is 0.280. The lowest BCUT2D eigenvalue weighted by Crippen LogP contribution is -2.17. The summed E-state index contributed by atoms with van der Waals surface area (Å²) in [5.74, 6) is 2.40. The van der Waals surface area contributed by atoms with Crippen LogP contribution in [0.2, 0.25) is 5.02 Å². The molecule has 0 radical (unpaired) electrons. The second-order valence-corrected chi connectivity index (χ2v) is 7.04. The van der Waals surface area contributed by atoms with Crippen LogP contribution in [0, 0.1) is 0 Å². The highest BCUT2D eigenvalue weighted by molar-refractivity contribution is 6.30. The van der Waals surface area contributed by atoms with Gasteiger partial charge >= 0.3 is 0 Å². The van der Waals surface area contributed by atoms with Crippen LogP contribution < -0.4 is 19.5 Å². The zero-order valence-electron chi connectivity index (χ0n) is 17.2. The van der Waals surface area contributed by atoms with Crippen molar-refractivity contribution >= 4 is 24.0 Å². The van der Waals surface area contributed by atoms with Crippen molar-refractivity contribution < 1.29 is 14.2 Å². The Labute approximate surface area is 189 Å². The molecular formula is C24H27Cl2NO3. The molecule has 1 N–H and O–H groups in total. The highest BCUT2D eigenvalue weighted by Gasteiger charge is 2.11. The minimum atomic E-state index is 0. The monoisotopic (exact) mass is 447 g/mol. The lowest BCUT2D eigenvalue weighted by atomic mass is 10.1. The Bertz CT molecular complexity index is 917. The average molecular weight is 448 g/mol. The molecule has 30 heavy (non-hydrogen) atoms. The van der Waals surface area contributed by atoms with Gasteiger partial charge in [0.05, 0.1) is 14.2 Å². The molecule has 3 rings (SSSR count). The Balaban J connectivity index is 0.00000320. The van der Waals surface area contributed by atoms with Crippen LogP contribution in [-0.2, 0) is 19.6 Å². The first kappa shape index (κ1) is 23.9. The van der Waals surface area contributed by atoms with Crippen LogP contribution in [0.5, 0.6) is 17.2 Å². The fourth-order valence-electron chi connectivity index (χ4n) is 3.12. The van der Waals surface area contributed by atoms with E-state index in [1.165, 1.54) is 5.56 Å². The fraction of sp³-hybridized carbons (Fsp3) is 0.250. The maximum Gasteiger partial charge on any atom is 0.166 e. The number of rotatable bonds is 10. The summed E-state index contributed by atoms with van der Waals surface area (Å²) in [4.78, 5) is 0. The largest absolute Gasteiger partial charge is 0.496 e. The van der Waals surface area contributed by atoms with Crippen LogP contribution in [0.4, 0.5) is 0 Å². The van der Waals surface area contributed by atoms with Gasteiger partial charge in [-0.05, 0) is 48.4 Å². The minimum Gasteiger partial charge on any atom is -0.496 e. The van der Waals surface area contributed by atoms with Crippen LogP contribution in [0.1, 0.15) is 16.7 Å².